The van der Waals surface area contributed by atoms with Crippen molar-refractivity contribution in [3.05, 3.63) is 35.7 Å². The summed E-state index contributed by atoms with van der Waals surface area (Å²) < 4.78 is 5.23. The second-order valence-electron chi connectivity index (χ2n) is 7.34. The average Bonchev–Trinajstić information content (AvgIpc) is 3.18. The third-order valence-corrected chi connectivity index (χ3v) is 4.91. The number of nitrogens with zero attached hydrogens (tertiary/aromatic N) is 6. The first-order valence-corrected chi connectivity index (χ1v) is 9.61. The van der Waals surface area contributed by atoms with Gasteiger partial charge in [-0.15, -0.1) is 0 Å². The number of hydrogen-bond donors (Lipinski definition) is 0. The third-order valence-electron chi connectivity index (χ3n) is 4.91. The summed E-state index contributed by atoms with van der Waals surface area (Å²) in [5.74, 6) is 1.28. The number of rotatable bonds is 6. The number of carbonyl (C=O) groups is 2. The predicted octanol–water partition coefficient (Wildman–Crippen LogP) is 1.68. The van der Waals surface area contributed by atoms with Crippen LogP contribution in [0.2, 0.25) is 0 Å². The lowest BCUT2D eigenvalue weighted by Crippen LogP contribution is -2.51. The lowest BCUT2D eigenvalue weighted by atomic mass is 10.0. The first-order valence-electron chi connectivity index (χ1n) is 9.61. The number of aromatic nitrogens is 4. The van der Waals surface area contributed by atoms with E-state index in [-0.39, 0.29) is 23.8 Å². The van der Waals surface area contributed by atoms with Crippen molar-refractivity contribution >= 4 is 11.8 Å². The van der Waals surface area contributed by atoms with Crippen molar-refractivity contribution in [1.29, 1.82) is 0 Å². The molecule has 0 radical (unpaired) electrons. The molecule has 1 aliphatic rings. The van der Waals surface area contributed by atoms with Gasteiger partial charge < -0.3 is 14.3 Å². The lowest BCUT2D eigenvalue weighted by molar-refractivity contribution is -0.132. The van der Waals surface area contributed by atoms with E-state index >= 15 is 0 Å². The van der Waals surface area contributed by atoms with Gasteiger partial charge >= 0.3 is 0 Å². The summed E-state index contributed by atoms with van der Waals surface area (Å²) in [6, 6.07) is 1.63. The fourth-order valence-corrected chi connectivity index (χ4v) is 3.41. The van der Waals surface area contributed by atoms with Gasteiger partial charge in [0.1, 0.15) is 0 Å². The zero-order chi connectivity index (χ0) is 20.1. The molecule has 0 bridgehead atoms. The van der Waals surface area contributed by atoms with E-state index in [1.54, 1.807) is 17.9 Å². The molecule has 3 rings (SSSR count). The fraction of sp³-hybridized carbons (Fsp3) is 0.579. The smallest absolute Gasteiger partial charge is 0.255 e. The van der Waals surface area contributed by atoms with Crippen LogP contribution in [-0.2, 0) is 11.2 Å². The minimum atomic E-state index is -0.0807. The van der Waals surface area contributed by atoms with Gasteiger partial charge in [-0.3, -0.25) is 9.59 Å². The molecule has 2 aromatic rings. The Bertz CT molecular complexity index is 807. The third kappa shape index (κ3) is 4.71. The Morgan fingerprint density at radius 2 is 2.18 bits per heavy atom. The van der Waals surface area contributed by atoms with Crippen molar-refractivity contribution in [3.63, 3.8) is 0 Å². The minimum absolute atomic E-state index is 0.0162. The van der Waals surface area contributed by atoms with Crippen LogP contribution in [0.25, 0.3) is 0 Å². The van der Waals surface area contributed by atoms with Crippen molar-refractivity contribution in [1.82, 2.24) is 30.1 Å². The zero-order valence-electron chi connectivity index (χ0n) is 16.5. The zero-order valence-corrected chi connectivity index (χ0v) is 16.5. The Labute approximate surface area is 164 Å². The quantitative estimate of drug-likeness (QED) is 0.743. The molecule has 1 unspecified atom stereocenters. The van der Waals surface area contributed by atoms with Crippen LogP contribution in [0.15, 0.2) is 23.0 Å². The lowest BCUT2D eigenvalue weighted by Gasteiger charge is -2.39. The molecule has 0 N–H and O–H groups in total. The molecule has 1 aliphatic heterocycles. The molecular formula is C19H26N6O3. The Morgan fingerprint density at radius 1 is 1.36 bits per heavy atom. The Morgan fingerprint density at radius 3 is 2.82 bits per heavy atom. The molecule has 0 saturated carbocycles. The van der Waals surface area contributed by atoms with Gasteiger partial charge in [-0.1, -0.05) is 19.0 Å². The van der Waals surface area contributed by atoms with E-state index in [1.807, 2.05) is 18.7 Å². The van der Waals surface area contributed by atoms with Crippen LogP contribution in [0, 0.1) is 0 Å². The predicted molar refractivity (Wildman–Crippen MR) is 100 cm³/mol. The molecule has 2 aromatic heterocycles. The Balaban J connectivity index is 1.64. The molecule has 0 spiro atoms. The molecule has 1 atom stereocenters. The van der Waals surface area contributed by atoms with Gasteiger partial charge in [0.2, 0.25) is 11.8 Å². The van der Waals surface area contributed by atoms with Crippen LogP contribution >= 0.6 is 0 Å². The molecule has 9 heteroatoms. The molecule has 9 nitrogen and oxygen atoms in total. The summed E-state index contributed by atoms with van der Waals surface area (Å²) >= 11 is 0. The van der Waals surface area contributed by atoms with Crippen LogP contribution in [0.1, 0.15) is 61.6 Å². The van der Waals surface area contributed by atoms with Gasteiger partial charge in [0, 0.05) is 44.9 Å². The van der Waals surface area contributed by atoms with Gasteiger partial charge in [0.05, 0.1) is 18.0 Å². The topological polar surface area (TPSA) is 105 Å². The average molecular weight is 386 g/mol. The molecule has 1 saturated heterocycles. The van der Waals surface area contributed by atoms with Gasteiger partial charge in [-0.25, -0.2) is 0 Å². The Kier molecular flexibility index (Phi) is 6.33. The highest BCUT2D eigenvalue weighted by Gasteiger charge is 2.30. The summed E-state index contributed by atoms with van der Waals surface area (Å²) in [6.45, 7) is 7.21. The van der Waals surface area contributed by atoms with E-state index in [0.29, 0.717) is 43.3 Å². The van der Waals surface area contributed by atoms with Crippen LogP contribution in [0.5, 0.6) is 0 Å². The maximum Gasteiger partial charge on any atom is 0.255 e. The van der Waals surface area contributed by atoms with Crippen LogP contribution in [-0.4, -0.2) is 67.6 Å². The van der Waals surface area contributed by atoms with Crippen molar-refractivity contribution in [2.75, 3.05) is 19.6 Å². The van der Waals surface area contributed by atoms with Crippen molar-refractivity contribution < 1.29 is 14.1 Å². The van der Waals surface area contributed by atoms with E-state index in [9.17, 15) is 9.59 Å². The van der Waals surface area contributed by atoms with E-state index in [1.165, 1.54) is 12.4 Å². The highest BCUT2D eigenvalue weighted by molar-refractivity contribution is 5.93. The summed E-state index contributed by atoms with van der Waals surface area (Å²) in [4.78, 5) is 32.9. The van der Waals surface area contributed by atoms with Crippen molar-refractivity contribution in [3.8, 4) is 0 Å². The highest BCUT2D eigenvalue weighted by atomic mass is 16.5. The molecule has 2 amide bonds. The van der Waals surface area contributed by atoms with Crippen molar-refractivity contribution in [2.45, 2.75) is 52.0 Å². The normalized spacial score (nSPS) is 17.0. The SMILES string of the molecule is CC(=O)N(CCc1noc(C(C)C)n1)C1CCCN(C(=O)c2ccnnc2)C1. The van der Waals surface area contributed by atoms with E-state index < -0.39 is 0 Å². The molecule has 28 heavy (non-hydrogen) atoms. The van der Waals surface area contributed by atoms with E-state index in [0.717, 1.165) is 12.8 Å². The first kappa shape index (κ1) is 19.9. The Hall–Kier alpha value is -2.84. The molecule has 150 valence electrons. The summed E-state index contributed by atoms with van der Waals surface area (Å²) in [7, 11) is 0. The van der Waals surface area contributed by atoms with Gasteiger partial charge in [0.25, 0.3) is 5.91 Å². The highest BCUT2D eigenvalue weighted by Crippen LogP contribution is 2.19. The number of piperidine rings is 1. The molecular weight excluding hydrogens is 360 g/mol. The minimum Gasteiger partial charge on any atom is -0.339 e. The maximum absolute atomic E-state index is 12.7. The van der Waals surface area contributed by atoms with Crippen LogP contribution in [0.3, 0.4) is 0 Å². The first-order chi connectivity index (χ1) is 13.5. The number of likely N-dealkylation sites (tertiary alicyclic amines) is 1. The molecule has 3 heterocycles. The molecule has 0 aromatic carbocycles. The van der Waals surface area contributed by atoms with E-state index in [4.69, 9.17) is 4.52 Å². The van der Waals surface area contributed by atoms with E-state index in [2.05, 4.69) is 20.3 Å². The summed E-state index contributed by atoms with van der Waals surface area (Å²) in [5, 5.41) is 11.5. The molecule has 1 fully saturated rings. The standard InChI is InChI=1S/C19H26N6O3/c1-13(2)18-22-17(23-28-18)7-10-25(14(3)26)16-5-4-9-24(12-16)19(27)15-6-8-20-21-11-15/h6,8,11,13,16H,4-5,7,9-10,12H2,1-3H3. The van der Waals surface area contributed by atoms with Crippen molar-refractivity contribution in [2.24, 2.45) is 0 Å². The molecule has 0 aliphatic carbocycles. The van der Waals surface area contributed by atoms with Crippen LogP contribution < -0.4 is 0 Å². The summed E-state index contributed by atoms with van der Waals surface area (Å²) in [5.41, 5.74) is 0.512. The van der Waals surface area contributed by atoms with Gasteiger partial charge in [-0.05, 0) is 18.9 Å². The van der Waals surface area contributed by atoms with Gasteiger partial charge in [-0.2, -0.15) is 15.2 Å². The maximum atomic E-state index is 12.7. The largest absolute Gasteiger partial charge is 0.339 e. The number of hydrogen-bond acceptors (Lipinski definition) is 7. The van der Waals surface area contributed by atoms with Gasteiger partial charge in [0.15, 0.2) is 5.82 Å². The fourth-order valence-electron chi connectivity index (χ4n) is 3.41. The second-order valence-corrected chi connectivity index (χ2v) is 7.34. The number of carbonyl (C=O) groups excluding carboxylic acids is 2. The number of amides is 2. The second kappa shape index (κ2) is 8.90. The summed E-state index contributed by atoms with van der Waals surface area (Å²) in [6.07, 6.45) is 5.21. The van der Waals surface area contributed by atoms with Crippen LogP contribution in [0.4, 0.5) is 0 Å². The monoisotopic (exact) mass is 386 g/mol.